The zero-order chi connectivity index (χ0) is 26.2. The maximum atomic E-state index is 12.3. The number of hydrogen-bond acceptors (Lipinski definition) is 2. The van der Waals surface area contributed by atoms with E-state index in [4.69, 9.17) is 4.74 Å². The smallest absolute Gasteiger partial charge is 0.407 e. The van der Waals surface area contributed by atoms with Gasteiger partial charge in [-0.05, 0) is 50.8 Å². The van der Waals surface area contributed by atoms with E-state index >= 15 is 0 Å². The number of pyridine rings is 1. The van der Waals surface area contributed by atoms with Crippen LogP contribution >= 0.6 is 0 Å². The summed E-state index contributed by atoms with van der Waals surface area (Å²) in [4.78, 5) is 12.3. The summed E-state index contributed by atoms with van der Waals surface area (Å²) < 4.78 is 7.84. The average molecular weight is 494 g/mol. The summed E-state index contributed by atoms with van der Waals surface area (Å²) in [5.74, 6) is 0. The molecular formula is C32H49N2O2+. The van der Waals surface area contributed by atoms with Crippen LogP contribution in [0.4, 0.5) is 4.79 Å². The van der Waals surface area contributed by atoms with Crippen molar-refractivity contribution in [1.82, 2.24) is 5.32 Å². The van der Waals surface area contributed by atoms with Crippen molar-refractivity contribution in [1.29, 1.82) is 0 Å². The fourth-order valence-electron chi connectivity index (χ4n) is 4.55. The van der Waals surface area contributed by atoms with Gasteiger partial charge in [0, 0.05) is 25.0 Å². The minimum atomic E-state index is -0.499. The van der Waals surface area contributed by atoms with Crippen molar-refractivity contribution in [3.8, 4) is 0 Å². The van der Waals surface area contributed by atoms with Gasteiger partial charge >= 0.3 is 6.09 Å². The standard InChI is InChI=1S/C32H48N2O2/c1-6-30-22-15-17-24-34(30)23-16-13-11-9-7-8-10-12-14-18-25-36-31(35)33-32(4,5)29-21-19-20-28(26-29)27(2)3/h15,17,19-22,24,26H,2,6-14,16,18,23,25H2,1,3-5H3/p+1. The zero-order valence-corrected chi connectivity index (χ0v) is 23.3. The molecule has 4 heteroatoms. The van der Waals surface area contributed by atoms with Crippen molar-refractivity contribution >= 4 is 11.7 Å². The predicted molar refractivity (Wildman–Crippen MR) is 151 cm³/mol. The molecule has 0 aliphatic rings. The summed E-state index contributed by atoms with van der Waals surface area (Å²) in [7, 11) is 0. The van der Waals surface area contributed by atoms with Crippen LogP contribution in [-0.4, -0.2) is 12.7 Å². The summed E-state index contributed by atoms with van der Waals surface area (Å²) in [5, 5.41) is 3.00. The number of rotatable bonds is 17. The summed E-state index contributed by atoms with van der Waals surface area (Å²) in [6.07, 6.45) is 15.4. The topological polar surface area (TPSA) is 42.2 Å². The Bertz CT molecular complexity index is 935. The predicted octanol–water partition coefficient (Wildman–Crippen LogP) is 8.13. The van der Waals surface area contributed by atoms with Gasteiger partial charge in [-0.25, -0.2) is 9.36 Å². The molecule has 1 N–H and O–H groups in total. The van der Waals surface area contributed by atoms with Gasteiger partial charge in [-0.2, -0.15) is 0 Å². The van der Waals surface area contributed by atoms with Crippen LogP contribution in [-0.2, 0) is 23.2 Å². The number of hydrogen-bond donors (Lipinski definition) is 1. The molecule has 0 saturated heterocycles. The van der Waals surface area contributed by atoms with E-state index in [2.05, 4.69) is 53.8 Å². The maximum Gasteiger partial charge on any atom is 0.407 e. The molecule has 0 aliphatic carbocycles. The van der Waals surface area contributed by atoms with Gasteiger partial charge in [0.05, 0.1) is 12.1 Å². The number of alkyl carbamates (subject to hydrolysis) is 1. The van der Waals surface area contributed by atoms with E-state index in [1.54, 1.807) is 0 Å². The minimum absolute atomic E-state index is 0.350. The molecule has 0 bridgehead atoms. The third kappa shape index (κ3) is 11.0. The number of nitrogens with one attached hydrogen (secondary N) is 1. The molecule has 0 fully saturated rings. The number of allylic oxidation sites excluding steroid dienone is 1. The van der Waals surface area contributed by atoms with Crippen molar-refractivity contribution < 1.29 is 14.1 Å². The fraction of sp³-hybridized carbons (Fsp3) is 0.562. The van der Waals surface area contributed by atoms with Gasteiger partial charge in [0.15, 0.2) is 11.9 Å². The molecule has 36 heavy (non-hydrogen) atoms. The highest BCUT2D eigenvalue weighted by molar-refractivity contribution is 5.69. The van der Waals surface area contributed by atoms with Gasteiger partial charge < -0.3 is 10.1 Å². The van der Waals surface area contributed by atoms with Gasteiger partial charge in [-0.1, -0.05) is 88.3 Å². The van der Waals surface area contributed by atoms with Crippen LogP contribution in [0, 0.1) is 0 Å². The van der Waals surface area contributed by atoms with Crippen LogP contribution in [0.25, 0.3) is 5.57 Å². The van der Waals surface area contributed by atoms with Crippen molar-refractivity contribution in [2.24, 2.45) is 0 Å². The highest BCUT2D eigenvalue weighted by Crippen LogP contribution is 2.23. The first-order valence-corrected chi connectivity index (χ1v) is 14.0. The molecule has 0 atom stereocenters. The largest absolute Gasteiger partial charge is 0.450 e. The summed E-state index contributed by atoms with van der Waals surface area (Å²) in [5.41, 5.74) is 4.07. The maximum absolute atomic E-state index is 12.3. The molecule has 1 aromatic heterocycles. The van der Waals surface area contributed by atoms with Gasteiger partial charge in [-0.3, -0.25) is 0 Å². The number of ether oxygens (including phenoxy) is 1. The normalized spacial score (nSPS) is 11.3. The summed E-state index contributed by atoms with van der Waals surface area (Å²) >= 11 is 0. The first-order valence-electron chi connectivity index (χ1n) is 14.0. The van der Waals surface area contributed by atoms with Crippen LogP contribution in [0.5, 0.6) is 0 Å². The quantitative estimate of drug-likeness (QED) is 0.178. The third-order valence-corrected chi connectivity index (χ3v) is 6.92. The number of benzene rings is 1. The second kappa shape index (κ2) is 16.2. The molecule has 4 nitrogen and oxygen atoms in total. The molecular weight excluding hydrogens is 444 g/mol. The molecule has 0 radical (unpaired) electrons. The third-order valence-electron chi connectivity index (χ3n) is 6.92. The van der Waals surface area contributed by atoms with E-state index in [1.165, 1.54) is 57.1 Å². The lowest BCUT2D eigenvalue weighted by atomic mass is 9.92. The van der Waals surface area contributed by atoms with E-state index in [9.17, 15) is 4.79 Å². The minimum Gasteiger partial charge on any atom is -0.450 e. The van der Waals surface area contributed by atoms with Crippen molar-refractivity contribution in [3.63, 3.8) is 0 Å². The number of nitrogens with zero attached hydrogens (tertiary/aromatic N) is 1. The Morgan fingerprint density at radius 1 is 0.917 bits per heavy atom. The SMILES string of the molecule is C=C(C)c1cccc(C(C)(C)NC(=O)OCCCCCCCCCCCC[n+]2ccccc2CC)c1. The lowest BCUT2D eigenvalue weighted by Gasteiger charge is -2.27. The lowest BCUT2D eigenvalue weighted by molar-refractivity contribution is -0.704. The van der Waals surface area contributed by atoms with Gasteiger partial charge in [0.2, 0.25) is 0 Å². The average Bonchev–Trinajstić information content (AvgIpc) is 2.86. The number of carbonyl (C=O) groups is 1. The fourth-order valence-corrected chi connectivity index (χ4v) is 4.55. The van der Waals surface area contributed by atoms with E-state index in [1.807, 2.05) is 39.0 Å². The molecule has 1 amide bonds. The Kier molecular flexibility index (Phi) is 13.3. The van der Waals surface area contributed by atoms with Gasteiger partial charge in [-0.15, -0.1) is 0 Å². The van der Waals surface area contributed by atoms with Crippen LogP contribution in [0.2, 0.25) is 0 Å². The monoisotopic (exact) mass is 493 g/mol. The molecule has 0 saturated carbocycles. The van der Waals surface area contributed by atoms with E-state index in [0.717, 1.165) is 42.5 Å². The number of unbranched alkanes of at least 4 members (excludes halogenated alkanes) is 9. The highest BCUT2D eigenvalue weighted by Gasteiger charge is 2.23. The highest BCUT2D eigenvalue weighted by atomic mass is 16.5. The first-order chi connectivity index (χ1) is 17.3. The Morgan fingerprint density at radius 3 is 2.19 bits per heavy atom. The van der Waals surface area contributed by atoms with Crippen molar-refractivity contribution in [2.45, 2.75) is 110 Å². The molecule has 1 heterocycles. The van der Waals surface area contributed by atoms with E-state index in [0.29, 0.717) is 6.61 Å². The van der Waals surface area contributed by atoms with Crippen LogP contribution < -0.4 is 9.88 Å². The van der Waals surface area contributed by atoms with Crippen LogP contribution in [0.1, 0.15) is 109 Å². The van der Waals surface area contributed by atoms with E-state index < -0.39 is 5.54 Å². The Balaban J connectivity index is 1.45. The molecule has 0 unspecified atom stereocenters. The lowest BCUT2D eigenvalue weighted by Crippen LogP contribution is -2.41. The second-order valence-electron chi connectivity index (χ2n) is 10.5. The molecule has 0 spiro atoms. The summed E-state index contributed by atoms with van der Waals surface area (Å²) in [6, 6.07) is 14.6. The molecule has 198 valence electrons. The number of carbonyl (C=O) groups excluding carboxylic acids is 1. The summed E-state index contributed by atoms with van der Waals surface area (Å²) in [6.45, 7) is 13.8. The van der Waals surface area contributed by atoms with E-state index in [-0.39, 0.29) is 6.09 Å². The molecule has 2 aromatic rings. The van der Waals surface area contributed by atoms with Crippen molar-refractivity contribution in [3.05, 3.63) is 72.1 Å². The Morgan fingerprint density at radius 2 is 1.56 bits per heavy atom. The van der Waals surface area contributed by atoms with Crippen LogP contribution in [0.15, 0.2) is 55.2 Å². The Labute approximate surface area is 220 Å². The number of amides is 1. The molecule has 1 aromatic carbocycles. The molecule has 2 rings (SSSR count). The van der Waals surface area contributed by atoms with Crippen LogP contribution in [0.3, 0.4) is 0 Å². The van der Waals surface area contributed by atoms with Crippen molar-refractivity contribution in [2.75, 3.05) is 6.61 Å². The Hall–Kier alpha value is -2.62. The van der Waals surface area contributed by atoms with Gasteiger partial charge in [0.1, 0.15) is 6.54 Å². The zero-order valence-electron chi connectivity index (χ0n) is 23.3. The second-order valence-corrected chi connectivity index (χ2v) is 10.5. The van der Waals surface area contributed by atoms with Gasteiger partial charge in [0.25, 0.3) is 0 Å². The molecule has 0 aliphatic heterocycles. The first kappa shape index (κ1) is 29.6. The number of aryl methyl sites for hydroxylation is 2. The number of aromatic nitrogens is 1.